The molecule has 11 heteroatoms. The SMILES string of the molecule is CCn1c(COc2cc(C)cc(C)c2)nnc1SCC(=O)Nc1scc(-c2ccc(Cl)cc2)c1C(=O)OC. The lowest BCUT2D eigenvalue weighted by Gasteiger charge is -2.10. The van der Waals surface area contributed by atoms with Gasteiger partial charge in [-0.2, -0.15) is 0 Å². The van der Waals surface area contributed by atoms with E-state index in [4.69, 9.17) is 21.1 Å². The summed E-state index contributed by atoms with van der Waals surface area (Å²) in [5.41, 5.74) is 4.02. The van der Waals surface area contributed by atoms with Crippen LogP contribution < -0.4 is 10.1 Å². The Kier molecular flexibility index (Phi) is 9.09. The number of aromatic nitrogens is 3. The molecule has 2 heterocycles. The second-order valence-electron chi connectivity index (χ2n) is 8.44. The molecule has 0 aliphatic rings. The average Bonchev–Trinajstić information content (AvgIpc) is 3.49. The molecule has 0 saturated carbocycles. The van der Waals surface area contributed by atoms with Gasteiger partial charge in [-0.3, -0.25) is 4.79 Å². The summed E-state index contributed by atoms with van der Waals surface area (Å²) in [7, 11) is 1.31. The molecule has 38 heavy (non-hydrogen) atoms. The van der Waals surface area contributed by atoms with Crippen LogP contribution in [0.3, 0.4) is 0 Å². The van der Waals surface area contributed by atoms with E-state index in [0.717, 1.165) is 22.4 Å². The van der Waals surface area contributed by atoms with Crippen LogP contribution in [-0.2, 0) is 22.7 Å². The van der Waals surface area contributed by atoms with E-state index in [0.29, 0.717) is 38.7 Å². The number of carbonyl (C=O) groups is 2. The number of benzene rings is 2. The average molecular weight is 571 g/mol. The maximum absolute atomic E-state index is 12.8. The molecule has 0 atom stereocenters. The summed E-state index contributed by atoms with van der Waals surface area (Å²) in [6.07, 6.45) is 0. The van der Waals surface area contributed by atoms with Crippen molar-refractivity contribution < 1.29 is 19.1 Å². The smallest absolute Gasteiger partial charge is 0.341 e. The molecule has 1 amide bonds. The summed E-state index contributed by atoms with van der Waals surface area (Å²) < 4.78 is 12.8. The molecule has 4 aromatic rings. The van der Waals surface area contributed by atoms with Crippen LogP contribution in [0.2, 0.25) is 5.02 Å². The van der Waals surface area contributed by atoms with E-state index < -0.39 is 5.97 Å². The van der Waals surface area contributed by atoms with E-state index >= 15 is 0 Å². The maximum atomic E-state index is 12.8. The molecule has 198 valence electrons. The Hall–Kier alpha value is -3.34. The highest BCUT2D eigenvalue weighted by molar-refractivity contribution is 7.99. The Balaban J connectivity index is 1.43. The lowest BCUT2D eigenvalue weighted by Crippen LogP contribution is -2.16. The first-order valence-electron chi connectivity index (χ1n) is 11.8. The van der Waals surface area contributed by atoms with E-state index in [2.05, 4.69) is 21.6 Å². The number of esters is 1. The molecule has 0 spiro atoms. The highest BCUT2D eigenvalue weighted by atomic mass is 35.5. The van der Waals surface area contributed by atoms with Crippen LogP contribution in [-0.4, -0.2) is 39.5 Å². The number of anilines is 1. The molecule has 0 bridgehead atoms. The second-order valence-corrected chi connectivity index (χ2v) is 10.7. The number of hydrogen-bond donors (Lipinski definition) is 1. The zero-order valence-corrected chi connectivity index (χ0v) is 23.8. The summed E-state index contributed by atoms with van der Waals surface area (Å²) in [6, 6.07) is 13.2. The van der Waals surface area contributed by atoms with Gasteiger partial charge in [0.05, 0.1) is 12.9 Å². The molecular weight excluding hydrogens is 544 g/mol. The Bertz CT molecular complexity index is 1430. The molecule has 8 nitrogen and oxygen atoms in total. The predicted molar refractivity (Wildman–Crippen MR) is 151 cm³/mol. The minimum absolute atomic E-state index is 0.0882. The predicted octanol–water partition coefficient (Wildman–Crippen LogP) is 6.39. The summed E-state index contributed by atoms with van der Waals surface area (Å²) in [6.45, 7) is 6.93. The normalized spacial score (nSPS) is 10.9. The molecular formula is C27H27ClN4O4S2. The first-order chi connectivity index (χ1) is 18.3. The largest absolute Gasteiger partial charge is 0.486 e. The van der Waals surface area contributed by atoms with Crippen molar-refractivity contribution in [2.75, 3.05) is 18.2 Å². The molecule has 0 aliphatic heterocycles. The topological polar surface area (TPSA) is 95.3 Å². The molecule has 2 aromatic carbocycles. The number of ether oxygens (including phenoxy) is 2. The minimum atomic E-state index is -0.529. The van der Waals surface area contributed by atoms with E-state index in [1.165, 1.54) is 30.2 Å². The van der Waals surface area contributed by atoms with Gasteiger partial charge < -0.3 is 19.4 Å². The van der Waals surface area contributed by atoms with Crippen molar-refractivity contribution in [3.8, 4) is 16.9 Å². The number of thiophene rings is 1. The number of methoxy groups -OCH3 is 1. The number of amides is 1. The highest BCUT2D eigenvalue weighted by Gasteiger charge is 2.23. The number of thioether (sulfide) groups is 1. The lowest BCUT2D eigenvalue weighted by atomic mass is 10.0. The van der Waals surface area contributed by atoms with Crippen molar-refractivity contribution in [3.63, 3.8) is 0 Å². The van der Waals surface area contributed by atoms with E-state index in [1.807, 2.05) is 55.0 Å². The Morgan fingerprint density at radius 1 is 1.11 bits per heavy atom. The van der Waals surface area contributed by atoms with E-state index in [-0.39, 0.29) is 18.3 Å². The third kappa shape index (κ3) is 6.56. The number of carbonyl (C=O) groups excluding carboxylic acids is 2. The van der Waals surface area contributed by atoms with Crippen molar-refractivity contribution in [3.05, 3.63) is 75.4 Å². The quantitative estimate of drug-likeness (QED) is 0.174. The van der Waals surface area contributed by atoms with Crippen LogP contribution in [0.25, 0.3) is 11.1 Å². The van der Waals surface area contributed by atoms with Gasteiger partial charge in [0.25, 0.3) is 0 Å². The number of aryl methyl sites for hydroxylation is 2. The van der Waals surface area contributed by atoms with Crippen molar-refractivity contribution in [2.24, 2.45) is 0 Å². The van der Waals surface area contributed by atoms with Crippen molar-refractivity contribution in [1.82, 2.24) is 14.8 Å². The fourth-order valence-corrected chi connectivity index (χ4v) is 5.82. The zero-order valence-electron chi connectivity index (χ0n) is 21.4. The van der Waals surface area contributed by atoms with Gasteiger partial charge in [-0.15, -0.1) is 21.5 Å². The van der Waals surface area contributed by atoms with Gasteiger partial charge in [-0.05, 0) is 61.7 Å². The zero-order chi connectivity index (χ0) is 27.2. The highest BCUT2D eigenvalue weighted by Crippen LogP contribution is 2.36. The summed E-state index contributed by atoms with van der Waals surface area (Å²) in [5, 5.41) is 14.8. The van der Waals surface area contributed by atoms with Gasteiger partial charge in [0, 0.05) is 22.5 Å². The first-order valence-corrected chi connectivity index (χ1v) is 14.0. The fourth-order valence-electron chi connectivity index (χ4n) is 3.90. The van der Waals surface area contributed by atoms with Gasteiger partial charge in [-0.25, -0.2) is 4.79 Å². The molecule has 0 aliphatic carbocycles. The van der Waals surface area contributed by atoms with Crippen molar-refractivity contribution >= 4 is 51.6 Å². The van der Waals surface area contributed by atoms with E-state index in [9.17, 15) is 9.59 Å². The molecule has 0 unspecified atom stereocenters. The van der Waals surface area contributed by atoms with Crippen LogP contribution in [0, 0.1) is 13.8 Å². The van der Waals surface area contributed by atoms with Crippen molar-refractivity contribution in [2.45, 2.75) is 39.1 Å². The molecule has 0 saturated heterocycles. The number of halogens is 1. The molecule has 0 fully saturated rings. The number of hydrogen-bond acceptors (Lipinski definition) is 8. The number of nitrogens with one attached hydrogen (secondary N) is 1. The Morgan fingerprint density at radius 3 is 2.47 bits per heavy atom. The Labute approximate surface area is 234 Å². The van der Waals surface area contributed by atoms with Crippen LogP contribution >= 0.6 is 34.7 Å². The first kappa shape index (κ1) is 27.7. The monoisotopic (exact) mass is 570 g/mol. The van der Waals surface area contributed by atoms with Crippen LogP contribution in [0.4, 0.5) is 5.00 Å². The van der Waals surface area contributed by atoms with Crippen LogP contribution in [0.5, 0.6) is 5.75 Å². The molecule has 0 radical (unpaired) electrons. The van der Waals surface area contributed by atoms with Gasteiger partial charge in [-0.1, -0.05) is 41.6 Å². The molecule has 2 aromatic heterocycles. The Morgan fingerprint density at radius 2 is 1.82 bits per heavy atom. The van der Waals surface area contributed by atoms with Crippen LogP contribution in [0.1, 0.15) is 34.2 Å². The molecule has 4 rings (SSSR count). The molecule has 1 N–H and O–H groups in total. The van der Waals surface area contributed by atoms with Gasteiger partial charge in [0.2, 0.25) is 5.91 Å². The summed E-state index contributed by atoms with van der Waals surface area (Å²) in [4.78, 5) is 25.4. The minimum Gasteiger partial charge on any atom is -0.486 e. The van der Waals surface area contributed by atoms with Gasteiger partial charge in [0.15, 0.2) is 11.0 Å². The maximum Gasteiger partial charge on any atom is 0.341 e. The summed E-state index contributed by atoms with van der Waals surface area (Å²) in [5.74, 6) is 0.734. The summed E-state index contributed by atoms with van der Waals surface area (Å²) >= 11 is 8.53. The lowest BCUT2D eigenvalue weighted by molar-refractivity contribution is -0.113. The third-order valence-electron chi connectivity index (χ3n) is 5.59. The van der Waals surface area contributed by atoms with Gasteiger partial charge in [0.1, 0.15) is 22.9 Å². The second kappa shape index (κ2) is 12.5. The van der Waals surface area contributed by atoms with Crippen LogP contribution in [0.15, 0.2) is 53.0 Å². The number of nitrogens with zero attached hydrogens (tertiary/aromatic N) is 3. The van der Waals surface area contributed by atoms with Gasteiger partial charge >= 0.3 is 5.97 Å². The third-order valence-corrected chi connectivity index (χ3v) is 7.71. The van der Waals surface area contributed by atoms with Crippen molar-refractivity contribution in [1.29, 1.82) is 0 Å². The fraction of sp³-hybridized carbons (Fsp3) is 0.259. The number of rotatable bonds is 10. The van der Waals surface area contributed by atoms with E-state index in [1.54, 1.807) is 12.1 Å². The standard InChI is InChI=1S/C27H27ClN4O4S2/c1-5-32-22(13-36-20-11-16(2)10-17(3)12-20)30-31-27(32)38-15-23(33)29-25-24(26(34)35-4)21(14-37-25)18-6-8-19(28)9-7-18/h6-12,14H,5,13,15H2,1-4H3,(H,29,33).